The molecule has 1 aliphatic heterocycles. The van der Waals surface area contributed by atoms with Gasteiger partial charge in [0, 0.05) is 24.2 Å². The molecule has 0 aliphatic carbocycles. The fourth-order valence-corrected chi connectivity index (χ4v) is 2.47. The lowest BCUT2D eigenvalue weighted by molar-refractivity contribution is 0.211. The first kappa shape index (κ1) is 14.3. The first-order valence-electron chi connectivity index (χ1n) is 7.31. The third-order valence-electron chi connectivity index (χ3n) is 3.35. The number of nitrogens with one attached hydrogen (secondary N) is 1. The van der Waals surface area contributed by atoms with Crippen molar-refractivity contribution in [3.05, 3.63) is 17.6 Å². The molecule has 1 aromatic rings. The number of rotatable bonds is 5. The summed E-state index contributed by atoms with van der Waals surface area (Å²) in [6.07, 6.45) is 3.47. The molecule has 1 aliphatic rings. The van der Waals surface area contributed by atoms with Gasteiger partial charge in [0.2, 0.25) is 5.88 Å². The van der Waals surface area contributed by atoms with Crippen molar-refractivity contribution >= 4 is 0 Å². The van der Waals surface area contributed by atoms with Crippen LogP contribution in [-0.4, -0.2) is 29.7 Å². The highest BCUT2D eigenvalue weighted by Crippen LogP contribution is 2.16. The highest BCUT2D eigenvalue weighted by Gasteiger charge is 2.14. The first-order valence-corrected chi connectivity index (χ1v) is 7.31. The molecule has 0 radical (unpaired) electrons. The van der Waals surface area contributed by atoms with Gasteiger partial charge in [-0.1, -0.05) is 13.8 Å². The van der Waals surface area contributed by atoms with Crippen LogP contribution in [0.25, 0.3) is 0 Å². The number of nitrogens with zero attached hydrogens (tertiary/aromatic N) is 2. The van der Waals surface area contributed by atoms with E-state index in [1.165, 1.54) is 12.8 Å². The van der Waals surface area contributed by atoms with Crippen LogP contribution in [0.1, 0.15) is 38.2 Å². The Labute approximate surface area is 116 Å². The molecule has 1 fully saturated rings. The summed E-state index contributed by atoms with van der Waals surface area (Å²) in [6.45, 7) is 9.28. The van der Waals surface area contributed by atoms with Crippen molar-refractivity contribution in [1.82, 2.24) is 15.3 Å². The second kappa shape index (κ2) is 6.85. The predicted molar refractivity (Wildman–Crippen MR) is 76.4 cm³/mol. The number of aryl methyl sites for hydroxylation is 1. The van der Waals surface area contributed by atoms with Crippen molar-refractivity contribution in [2.24, 2.45) is 11.8 Å². The van der Waals surface area contributed by atoms with Crippen molar-refractivity contribution in [1.29, 1.82) is 0 Å². The zero-order valence-electron chi connectivity index (χ0n) is 12.3. The number of hydrogen-bond donors (Lipinski definition) is 1. The Morgan fingerprint density at radius 3 is 2.95 bits per heavy atom. The summed E-state index contributed by atoms with van der Waals surface area (Å²) < 4.78 is 5.86. The van der Waals surface area contributed by atoms with Crippen LogP contribution < -0.4 is 10.1 Å². The van der Waals surface area contributed by atoms with Crippen LogP contribution in [0.2, 0.25) is 0 Å². The molecule has 4 heteroatoms. The number of piperidine rings is 1. The van der Waals surface area contributed by atoms with E-state index in [4.69, 9.17) is 4.74 Å². The maximum atomic E-state index is 5.86. The minimum absolute atomic E-state index is 0.602. The van der Waals surface area contributed by atoms with Crippen molar-refractivity contribution in [3.8, 4) is 5.88 Å². The van der Waals surface area contributed by atoms with Crippen LogP contribution in [0.4, 0.5) is 0 Å². The summed E-state index contributed by atoms with van der Waals surface area (Å²) in [7, 11) is 0. The van der Waals surface area contributed by atoms with Gasteiger partial charge in [-0.25, -0.2) is 4.98 Å². The molecule has 0 saturated carbocycles. The lowest BCUT2D eigenvalue weighted by Crippen LogP contribution is -2.33. The topological polar surface area (TPSA) is 47.0 Å². The first-order chi connectivity index (χ1) is 9.13. The van der Waals surface area contributed by atoms with E-state index in [9.17, 15) is 0 Å². The summed E-state index contributed by atoms with van der Waals surface area (Å²) in [5, 5.41) is 3.41. The Kier molecular flexibility index (Phi) is 5.14. The fourth-order valence-electron chi connectivity index (χ4n) is 2.47. The Bertz CT molecular complexity index is 400. The molecule has 1 aromatic heterocycles. The average Bonchev–Trinajstić information content (AvgIpc) is 2.36. The minimum Gasteiger partial charge on any atom is -0.477 e. The van der Waals surface area contributed by atoms with Crippen molar-refractivity contribution in [2.45, 2.75) is 40.0 Å². The third-order valence-corrected chi connectivity index (χ3v) is 3.35. The highest BCUT2D eigenvalue weighted by atomic mass is 16.5. The summed E-state index contributed by atoms with van der Waals surface area (Å²) in [5.41, 5.74) is 1.08. The van der Waals surface area contributed by atoms with E-state index in [1.54, 1.807) is 0 Å². The second-order valence-electron chi connectivity index (χ2n) is 5.87. The third kappa shape index (κ3) is 4.78. The number of hydrogen-bond acceptors (Lipinski definition) is 4. The van der Waals surface area contributed by atoms with E-state index >= 15 is 0 Å². The summed E-state index contributed by atoms with van der Waals surface area (Å²) in [5.74, 6) is 2.74. The molecule has 4 nitrogen and oxygen atoms in total. The van der Waals surface area contributed by atoms with E-state index in [2.05, 4.69) is 29.1 Å². The van der Waals surface area contributed by atoms with Crippen LogP contribution in [0.5, 0.6) is 5.88 Å². The Morgan fingerprint density at radius 1 is 1.42 bits per heavy atom. The molecule has 19 heavy (non-hydrogen) atoms. The van der Waals surface area contributed by atoms with Gasteiger partial charge in [0.25, 0.3) is 0 Å². The molecule has 2 rings (SSSR count). The smallest absolute Gasteiger partial charge is 0.216 e. The summed E-state index contributed by atoms with van der Waals surface area (Å²) >= 11 is 0. The molecule has 0 aromatic carbocycles. The lowest BCUT2D eigenvalue weighted by atomic mass is 10.0. The number of aromatic nitrogens is 2. The monoisotopic (exact) mass is 263 g/mol. The normalized spacial score (nSPS) is 19.7. The van der Waals surface area contributed by atoms with Gasteiger partial charge < -0.3 is 10.1 Å². The van der Waals surface area contributed by atoms with Gasteiger partial charge in [-0.05, 0) is 38.6 Å². The molecule has 0 amide bonds. The van der Waals surface area contributed by atoms with Gasteiger partial charge >= 0.3 is 0 Å². The van der Waals surface area contributed by atoms with Gasteiger partial charge in [0.1, 0.15) is 5.82 Å². The molecular weight excluding hydrogens is 238 g/mol. The van der Waals surface area contributed by atoms with E-state index in [0.29, 0.717) is 11.8 Å². The summed E-state index contributed by atoms with van der Waals surface area (Å²) in [4.78, 5) is 8.84. The van der Waals surface area contributed by atoms with Gasteiger partial charge in [-0.3, -0.25) is 0 Å². The molecule has 1 atom stereocenters. The Hall–Kier alpha value is -1.16. The Morgan fingerprint density at radius 2 is 2.26 bits per heavy atom. The molecule has 0 spiro atoms. The molecule has 2 heterocycles. The quantitative estimate of drug-likeness (QED) is 0.886. The Balaban J connectivity index is 1.93. The zero-order chi connectivity index (χ0) is 13.7. The largest absolute Gasteiger partial charge is 0.477 e. The average molecular weight is 263 g/mol. The van der Waals surface area contributed by atoms with Gasteiger partial charge in [0.05, 0.1) is 6.61 Å². The second-order valence-corrected chi connectivity index (χ2v) is 5.87. The molecule has 1 saturated heterocycles. The molecule has 0 bridgehead atoms. The fraction of sp³-hybridized carbons (Fsp3) is 0.733. The lowest BCUT2D eigenvalue weighted by Gasteiger charge is -2.22. The standard InChI is InChI=1S/C15H25N3O/c1-11(2)7-14-8-15(18-12(3)17-14)19-10-13-5-4-6-16-9-13/h8,11,13,16H,4-7,9-10H2,1-3H3. The SMILES string of the molecule is Cc1nc(CC(C)C)cc(OCC2CCCNC2)n1. The van der Waals surface area contributed by atoms with Crippen molar-refractivity contribution < 1.29 is 4.74 Å². The van der Waals surface area contributed by atoms with Gasteiger partial charge in [0.15, 0.2) is 0 Å². The highest BCUT2D eigenvalue weighted by molar-refractivity contribution is 5.16. The van der Waals surface area contributed by atoms with Crippen molar-refractivity contribution in [3.63, 3.8) is 0 Å². The maximum absolute atomic E-state index is 5.86. The van der Waals surface area contributed by atoms with Gasteiger partial charge in [-0.2, -0.15) is 4.98 Å². The van der Waals surface area contributed by atoms with Crippen LogP contribution in [0.3, 0.4) is 0 Å². The predicted octanol–water partition coefficient (Wildman–Crippen LogP) is 2.36. The van der Waals surface area contributed by atoms with E-state index in [0.717, 1.165) is 43.5 Å². The van der Waals surface area contributed by atoms with Crippen LogP contribution in [0.15, 0.2) is 6.07 Å². The molecule has 106 valence electrons. The minimum atomic E-state index is 0.602. The van der Waals surface area contributed by atoms with Gasteiger partial charge in [-0.15, -0.1) is 0 Å². The van der Waals surface area contributed by atoms with Crippen LogP contribution in [0, 0.1) is 18.8 Å². The van der Waals surface area contributed by atoms with E-state index in [1.807, 2.05) is 13.0 Å². The molecular formula is C15H25N3O. The zero-order valence-corrected chi connectivity index (χ0v) is 12.3. The van der Waals surface area contributed by atoms with Crippen LogP contribution in [-0.2, 0) is 6.42 Å². The van der Waals surface area contributed by atoms with Crippen LogP contribution >= 0.6 is 0 Å². The maximum Gasteiger partial charge on any atom is 0.216 e. The molecule has 1 N–H and O–H groups in total. The number of ether oxygens (including phenoxy) is 1. The molecule has 1 unspecified atom stereocenters. The van der Waals surface area contributed by atoms with Crippen molar-refractivity contribution in [2.75, 3.05) is 19.7 Å². The summed E-state index contributed by atoms with van der Waals surface area (Å²) in [6, 6.07) is 1.99. The van der Waals surface area contributed by atoms with E-state index < -0.39 is 0 Å². The van der Waals surface area contributed by atoms with E-state index in [-0.39, 0.29) is 0 Å².